The lowest BCUT2D eigenvalue weighted by molar-refractivity contribution is 0.0337. The maximum absolute atomic E-state index is 14.9. The lowest BCUT2D eigenvalue weighted by Crippen LogP contribution is -2.41. The van der Waals surface area contributed by atoms with Gasteiger partial charge in [0.2, 0.25) is 0 Å². The molecule has 286 valence electrons. The summed E-state index contributed by atoms with van der Waals surface area (Å²) in [4.78, 5) is 15.8. The molecule has 1 aliphatic carbocycles. The molecule has 12 heteroatoms. The van der Waals surface area contributed by atoms with E-state index in [2.05, 4.69) is 33.1 Å². The lowest BCUT2D eigenvalue weighted by Gasteiger charge is -2.32. The van der Waals surface area contributed by atoms with Crippen molar-refractivity contribution in [1.82, 2.24) is 25.4 Å². The monoisotopic (exact) mass is 728 g/mol. The van der Waals surface area contributed by atoms with Crippen LogP contribution >= 0.6 is 0 Å². The number of hydrogen-bond donors (Lipinski definition) is 6. The number of carbonyl (C=O) groups excluding carboxylic acids is 1. The Morgan fingerprint density at radius 3 is 2.57 bits per heavy atom. The van der Waals surface area contributed by atoms with Crippen molar-refractivity contribution in [3.05, 3.63) is 101 Å². The van der Waals surface area contributed by atoms with Crippen LogP contribution in [-0.2, 0) is 17.8 Å². The Kier molecular flexibility index (Phi) is 14.2. The third kappa shape index (κ3) is 11.7. The van der Waals surface area contributed by atoms with Crippen LogP contribution in [0.3, 0.4) is 0 Å². The molecule has 0 saturated carbocycles. The number of unbranched alkanes of at least 4 members (excludes halogenated alkanes) is 2. The average Bonchev–Trinajstić information content (AvgIpc) is 3.13. The summed E-state index contributed by atoms with van der Waals surface area (Å²) in [6.07, 6.45) is 7.89. The molecule has 0 spiro atoms. The van der Waals surface area contributed by atoms with Gasteiger partial charge < -0.3 is 35.4 Å². The number of fused-ring (bicyclic) bond motifs is 1. The molecule has 2 aliphatic rings. The van der Waals surface area contributed by atoms with E-state index in [0.29, 0.717) is 66.6 Å². The lowest BCUT2D eigenvalue weighted by atomic mass is 9.85. The molecule has 1 fully saturated rings. The van der Waals surface area contributed by atoms with Crippen LogP contribution in [-0.4, -0.2) is 60.6 Å². The number of pyridine rings is 1. The van der Waals surface area contributed by atoms with E-state index < -0.39 is 11.4 Å². The second kappa shape index (κ2) is 19.0. The van der Waals surface area contributed by atoms with Gasteiger partial charge in [-0.15, -0.1) is 0 Å². The largest absolute Gasteiger partial charge is 0.484 e. The minimum absolute atomic E-state index is 0.202. The fourth-order valence-corrected chi connectivity index (χ4v) is 6.56. The van der Waals surface area contributed by atoms with Crippen LogP contribution in [0.2, 0.25) is 0 Å². The molecule has 2 amide bonds. The van der Waals surface area contributed by atoms with Crippen molar-refractivity contribution in [3.63, 3.8) is 0 Å². The van der Waals surface area contributed by atoms with Gasteiger partial charge in [-0.2, -0.15) is 0 Å². The molecule has 53 heavy (non-hydrogen) atoms. The normalized spacial score (nSPS) is 17.9. The summed E-state index contributed by atoms with van der Waals surface area (Å²) in [6.45, 7) is 13.9. The Morgan fingerprint density at radius 1 is 1.04 bits per heavy atom. The summed E-state index contributed by atoms with van der Waals surface area (Å²) in [5.41, 5.74) is 3.46. The number of allylic oxidation sites excluding steroid dienone is 1. The second-order valence-corrected chi connectivity index (χ2v) is 14.9. The van der Waals surface area contributed by atoms with E-state index in [-0.39, 0.29) is 18.0 Å². The van der Waals surface area contributed by atoms with Gasteiger partial charge in [0, 0.05) is 60.8 Å². The molecule has 1 aliphatic heterocycles. The number of carbonyl (C=O) groups is 1. The summed E-state index contributed by atoms with van der Waals surface area (Å²) < 4.78 is 28.8. The highest BCUT2D eigenvalue weighted by atomic mass is 19.1. The highest BCUT2D eigenvalue weighted by molar-refractivity contribution is 5.97. The number of halogens is 1. The van der Waals surface area contributed by atoms with Gasteiger partial charge in [0.1, 0.15) is 29.0 Å². The maximum atomic E-state index is 14.9. The minimum Gasteiger partial charge on any atom is -0.484 e. The topological polar surface area (TPSA) is 140 Å². The number of hydrogen-bond acceptors (Lipinski definition) is 8. The zero-order chi connectivity index (χ0) is 37.8. The van der Waals surface area contributed by atoms with Crippen molar-refractivity contribution < 1.29 is 18.7 Å². The van der Waals surface area contributed by atoms with Crippen LogP contribution in [0, 0.1) is 22.1 Å². The molecule has 0 radical (unpaired) electrons. The van der Waals surface area contributed by atoms with Gasteiger partial charge in [0.25, 0.3) is 0 Å². The smallest absolute Gasteiger partial charge is 0.320 e. The number of morpholine rings is 1. The van der Waals surface area contributed by atoms with Crippen molar-refractivity contribution in [1.29, 1.82) is 10.8 Å². The molecule has 1 saturated heterocycles. The summed E-state index contributed by atoms with van der Waals surface area (Å²) in [5.74, 6) is 0.742. The number of urea groups is 1. The number of anilines is 1. The number of amides is 2. The van der Waals surface area contributed by atoms with E-state index >= 15 is 0 Å². The number of aryl methyl sites for hydroxylation is 1. The van der Waals surface area contributed by atoms with Crippen LogP contribution in [0.15, 0.2) is 72.7 Å². The van der Waals surface area contributed by atoms with Gasteiger partial charge in [-0.1, -0.05) is 58.4 Å². The first-order valence-electron chi connectivity index (χ1n) is 18.9. The van der Waals surface area contributed by atoms with Crippen molar-refractivity contribution in [2.24, 2.45) is 5.41 Å². The van der Waals surface area contributed by atoms with Crippen LogP contribution in [0.4, 0.5) is 14.9 Å². The fraction of sp³-hybridized carbons (Fsp3) is 0.488. The third-order valence-electron chi connectivity index (χ3n) is 9.69. The number of aromatic nitrogens is 1. The van der Waals surface area contributed by atoms with E-state index in [1.54, 1.807) is 24.3 Å². The number of benzene rings is 2. The summed E-state index contributed by atoms with van der Waals surface area (Å²) >= 11 is 0. The molecule has 11 nitrogen and oxygen atoms in total. The molecule has 2 unspecified atom stereocenters. The minimum atomic E-state index is -0.459. The number of ether oxygens (including phenoxy) is 2. The molecule has 2 atom stereocenters. The van der Waals surface area contributed by atoms with Gasteiger partial charge in [-0.05, 0) is 80.2 Å². The zero-order valence-corrected chi connectivity index (χ0v) is 31.7. The van der Waals surface area contributed by atoms with Crippen LogP contribution < -0.4 is 31.5 Å². The number of nitrogens with zero attached hydrogens (tertiary/aromatic N) is 2. The molecule has 2 heterocycles. The predicted molar refractivity (Wildman–Crippen MR) is 208 cm³/mol. The van der Waals surface area contributed by atoms with Gasteiger partial charge in [-0.25, -0.2) is 9.18 Å². The van der Waals surface area contributed by atoms with Crippen molar-refractivity contribution in [2.45, 2.75) is 85.0 Å². The quantitative estimate of drug-likeness (QED) is 0.0695. The van der Waals surface area contributed by atoms with Crippen LogP contribution in [0.25, 0.3) is 0 Å². The Labute approximate surface area is 313 Å². The Hall–Kier alpha value is -4.52. The molecular formula is C41H57FN8O3. The Morgan fingerprint density at radius 2 is 1.81 bits per heavy atom. The maximum Gasteiger partial charge on any atom is 0.320 e. The predicted octanol–water partition coefficient (Wildman–Crippen LogP) is 6.99. The van der Waals surface area contributed by atoms with E-state index in [0.717, 1.165) is 63.1 Å². The molecule has 1 aromatic heterocycles. The third-order valence-corrected chi connectivity index (χ3v) is 9.69. The van der Waals surface area contributed by atoms with Crippen molar-refractivity contribution >= 4 is 17.4 Å². The van der Waals surface area contributed by atoms with Gasteiger partial charge in [0.05, 0.1) is 19.3 Å². The summed E-state index contributed by atoms with van der Waals surface area (Å²) in [5, 5.41) is 29.8. The second-order valence-electron chi connectivity index (χ2n) is 14.9. The highest BCUT2D eigenvalue weighted by Gasteiger charge is 2.30. The van der Waals surface area contributed by atoms with E-state index in [4.69, 9.17) is 20.3 Å². The zero-order valence-electron chi connectivity index (χ0n) is 31.7. The molecule has 0 bridgehead atoms. The van der Waals surface area contributed by atoms with Crippen molar-refractivity contribution in [2.75, 3.05) is 44.7 Å². The van der Waals surface area contributed by atoms with Gasteiger partial charge in [0.15, 0.2) is 0 Å². The first-order chi connectivity index (χ1) is 25.5. The Bertz CT molecular complexity index is 1780. The molecular weight excluding hydrogens is 672 g/mol. The summed E-state index contributed by atoms with van der Waals surface area (Å²) in [6, 6.07) is 15.8. The van der Waals surface area contributed by atoms with Crippen LogP contribution in [0.1, 0.15) is 88.6 Å². The van der Waals surface area contributed by atoms with Gasteiger partial charge >= 0.3 is 6.03 Å². The van der Waals surface area contributed by atoms with E-state index in [1.807, 2.05) is 61.9 Å². The number of nitrogens with one attached hydrogen (secondary N) is 6. The first-order valence-corrected chi connectivity index (χ1v) is 18.9. The SMILES string of the molecule is CCNCCCCCn1cc(OC2CCC(NC(=O)N/C(=C/C(=N)C(C)(C)C)Nc3ccc(F)c(CN4CCOCC4)c3)c3ccccc32)ccc1=N. The molecule has 6 N–H and O–H groups in total. The fourth-order valence-electron chi connectivity index (χ4n) is 6.56. The molecule has 3 aromatic rings. The molecule has 5 rings (SSSR count). The van der Waals surface area contributed by atoms with E-state index in [1.165, 1.54) is 6.07 Å². The van der Waals surface area contributed by atoms with Gasteiger partial charge in [-0.3, -0.25) is 15.6 Å². The summed E-state index contributed by atoms with van der Waals surface area (Å²) in [7, 11) is 0. The molecule has 2 aromatic carbocycles. The van der Waals surface area contributed by atoms with Crippen LogP contribution in [0.5, 0.6) is 5.75 Å². The standard InChI is InChI=1S/C41H57FN8O3/c1-5-45-19-9-6-10-20-50-28-31(14-18-38(50)44)53-36-17-16-35(32-11-7-8-12-33(32)36)47-40(51)48-39(26-37(43)41(2,3)4)46-30-13-15-34(42)29(25-30)27-49-21-23-52-24-22-49/h7-8,11-15,18,25-26,28,35-36,43-46H,5-6,9-10,16-17,19-24,27H2,1-4H3,(H2,47,48,51)/b39-26+,43-37?,44-38?. The highest BCUT2D eigenvalue weighted by Crippen LogP contribution is 2.38. The van der Waals surface area contributed by atoms with Crippen molar-refractivity contribution in [3.8, 4) is 5.75 Å². The average molecular weight is 729 g/mol. The van der Waals surface area contributed by atoms with E-state index in [9.17, 15) is 9.18 Å². The first kappa shape index (κ1) is 39.7. The Balaban J connectivity index is 1.25. The number of rotatable bonds is 16.